The van der Waals surface area contributed by atoms with Gasteiger partial charge in [0.1, 0.15) is 18.7 Å². The average Bonchev–Trinajstić information content (AvgIpc) is 3.33. The third kappa shape index (κ3) is 3.40. The number of hydrogen-bond donors (Lipinski definition) is 1. The van der Waals surface area contributed by atoms with Crippen molar-refractivity contribution < 1.29 is 29.0 Å². The van der Waals surface area contributed by atoms with E-state index in [1.54, 1.807) is 6.92 Å². The summed E-state index contributed by atoms with van der Waals surface area (Å²) in [4.78, 5) is 37.8. The van der Waals surface area contributed by atoms with Gasteiger partial charge in [0.25, 0.3) is 0 Å². The van der Waals surface area contributed by atoms with E-state index in [1.165, 1.54) is 0 Å². The molecule has 7 nitrogen and oxygen atoms in total. The second-order valence-electron chi connectivity index (χ2n) is 7.41. The van der Waals surface area contributed by atoms with Crippen molar-refractivity contribution in [3.05, 3.63) is 59.7 Å². The lowest BCUT2D eigenvalue weighted by Crippen LogP contribution is -2.48. The third-order valence-corrected chi connectivity index (χ3v) is 5.78. The average molecular weight is 409 g/mol. The molecule has 0 unspecified atom stereocenters. The second kappa shape index (κ2) is 8.18. The largest absolute Gasteiger partial charge is 0.480 e. The van der Waals surface area contributed by atoms with Gasteiger partial charge in [-0.2, -0.15) is 0 Å². The molecule has 30 heavy (non-hydrogen) atoms. The van der Waals surface area contributed by atoms with Crippen molar-refractivity contribution in [2.75, 3.05) is 13.2 Å². The van der Waals surface area contributed by atoms with Gasteiger partial charge in [0.2, 0.25) is 0 Å². The van der Waals surface area contributed by atoms with Crippen LogP contribution in [0.15, 0.2) is 48.5 Å². The van der Waals surface area contributed by atoms with Crippen LogP contribution in [0.5, 0.6) is 0 Å². The monoisotopic (exact) mass is 409 g/mol. The highest BCUT2D eigenvalue weighted by Gasteiger charge is 2.46. The van der Waals surface area contributed by atoms with Crippen LogP contribution in [0.25, 0.3) is 11.1 Å². The number of carbonyl (C=O) groups is 3. The van der Waals surface area contributed by atoms with E-state index in [2.05, 4.69) is 0 Å². The SMILES string of the molecule is CCOC(=O)[C@@H]1CC[C@H](C(=O)O)N1C(=O)OCC1c2ccccc2-c2ccccc21. The predicted octanol–water partition coefficient (Wildman–Crippen LogP) is 3.42. The van der Waals surface area contributed by atoms with Crippen LogP contribution in [0.3, 0.4) is 0 Å². The molecule has 1 aliphatic heterocycles. The molecule has 7 heteroatoms. The third-order valence-electron chi connectivity index (χ3n) is 5.78. The summed E-state index contributed by atoms with van der Waals surface area (Å²) in [6.45, 7) is 1.88. The Labute approximate surface area is 174 Å². The molecule has 2 aliphatic rings. The van der Waals surface area contributed by atoms with Gasteiger partial charge < -0.3 is 14.6 Å². The van der Waals surface area contributed by atoms with Gasteiger partial charge in [-0.05, 0) is 42.0 Å². The maximum Gasteiger partial charge on any atom is 0.411 e. The Balaban J connectivity index is 1.55. The summed E-state index contributed by atoms with van der Waals surface area (Å²) in [7, 11) is 0. The Bertz CT molecular complexity index is 942. The van der Waals surface area contributed by atoms with Crippen molar-refractivity contribution in [3.8, 4) is 11.1 Å². The Kier molecular flexibility index (Phi) is 5.44. The zero-order valence-corrected chi connectivity index (χ0v) is 16.6. The van der Waals surface area contributed by atoms with Crippen LogP contribution in [0.4, 0.5) is 4.79 Å². The number of hydrogen-bond acceptors (Lipinski definition) is 5. The number of esters is 1. The minimum absolute atomic E-state index is 0.0608. The van der Waals surface area contributed by atoms with Crippen LogP contribution >= 0.6 is 0 Å². The van der Waals surface area contributed by atoms with Gasteiger partial charge in [0.15, 0.2) is 0 Å². The molecule has 4 rings (SSSR count). The number of rotatable bonds is 5. The van der Waals surface area contributed by atoms with Crippen LogP contribution in [0.1, 0.15) is 36.8 Å². The summed E-state index contributed by atoms with van der Waals surface area (Å²) in [6, 6.07) is 13.9. The number of benzene rings is 2. The predicted molar refractivity (Wildman–Crippen MR) is 108 cm³/mol. The first kappa shape index (κ1) is 19.9. The molecule has 0 spiro atoms. The van der Waals surface area contributed by atoms with Crippen LogP contribution in [-0.4, -0.2) is 53.3 Å². The number of carboxylic acid groups (broad SMARTS) is 1. The highest BCUT2D eigenvalue weighted by Crippen LogP contribution is 2.44. The summed E-state index contributed by atoms with van der Waals surface area (Å²) in [5.74, 6) is -1.90. The van der Waals surface area contributed by atoms with E-state index < -0.39 is 30.1 Å². The highest BCUT2D eigenvalue weighted by atomic mass is 16.6. The summed E-state index contributed by atoms with van der Waals surface area (Å²) in [5.41, 5.74) is 4.32. The molecule has 156 valence electrons. The molecule has 1 fully saturated rings. The van der Waals surface area contributed by atoms with Crippen LogP contribution in [0, 0.1) is 0 Å². The number of carboxylic acids is 1. The van der Waals surface area contributed by atoms with Crippen LogP contribution in [-0.2, 0) is 19.1 Å². The van der Waals surface area contributed by atoms with Gasteiger partial charge in [-0.15, -0.1) is 0 Å². The Morgan fingerprint density at radius 2 is 1.50 bits per heavy atom. The molecule has 1 heterocycles. The molecule has 2 aromatic carbocycles. The van der Waals surface area contributed by atoms with Crippen molar-refractivity contribution in [1.82, 2.24) is 4.90 Å². The van der Waals surface area contributed by atoms with Gasteiger partial charge in [-0.25, -0.2) is 14.4 Å². The lowest BCUT2D eigenvalue weighted by Gasteiger charge is -2.27. The fraction of sp³-hybridized carbons (Fsp3) is 0.348. The molecule has 2 aromatic rings. The van der Waals surface area contributed by atoms with Gasteiger partial charge in [-0.3, -0.25) is 4.90 Å². The van der Waals surface area contributed by atoms with Crippen LogP contribution in [0.2, 0.25) is 0 Å². The Morgan fingerprint density at radius 1 is 0.933 bits per heavy atom. The summed E-state index contributed by atoms with van der Waals surface area (Å²) < 4.78 is 10.6. The van der Waals surface area contributed by atoms with Crippen molar-refractivity contribution in [2.45, 2.75) is 37.8 Å². The maximum absolute atomic E-state index is 12.9. The van der Waals surface area contributed by atoms with E-state index in [9.17, 15) is 19.5 Å². The first-order valence-corrected chi connectivity index (χ1v) is 10.1. The molecule has 1 N–H and O–H groups in total. The number of fused-ring (bicyclic) bond motifs is 3. The van der Waals surface area contributed by atoms with Crippen molar-refractivity contribution in [2.24, 2.45) is 0 Å². The van der Waals surface area contributed by atoms with Crippen molar-refractivity contribution >= 4 is 18.0 Å². The smallest absolute Gasteiger partial charge is 0.411 e. The number of nitrogens with zero attached hydrogens (tertiary/aromatic N) is 1. The minimum Gasteiger partial charge on any atom is -0.480 e. The molecule has 0 radical (unpaired) electrons. The molecule has 1 saturated heterocycles. The zero-order valence-electron chi connectivity index (χ0n) is 16.6. The number of carbonyl (C=O) groups excluding carboxylic acids is 2. The molecular weight excluding hydrogens is 386 g/mol. The molecule has 1 amide bonds. The van der Waals surface area contributed by atoms with Gasteiger partial charge >= 0.3 is 18.0 Å². The van der Waals surface area contributed by atoms with E-state index in [-0.39, 0.29) is 32.0 Å². The normalized spacial score (nSPS) is 19.8. The van der Waals surface area contributed by atoms with E-state index in [1.807, 2.05) is 48.5 Å². The van der Waals surface area contributed by atoms with E-state index in [0.29, 0.717) is 0 Å². The lowest BCUT2D eigenvalue weighted by atomic mass is 9.98. The lowest BCUT2D eigenvalue weighted by molar-refractivity contribution is -0.150. The topological polar surface area (TPSA) is 93.1 Å². The first-order valence-electron chi connectivity index (χ1n) is 10.1. The molecule has 0 bridgehead atoms. The summed E-state index contributed by atoms with van der Waals surface area (Å²) >= 11 is 0. The molecular formula is C23H23NO6. The van der Waals surface area contributed by atoms with Crippen molar-refractivity contribution in [3.63, 3.8) is 0 Å². The van der Waals surface area contributed by atoms with Crippen LogP contribution < -0.4 is 0 Å². The van der Waals surface area contributed by atoms with Gasteiger partial charge in [0, 0.05) is 5.92 Å². The summed E-state index contributed by atoms with van der Waals surface area (Å²) in [5, 5.41) is 9.50. The zero-order chi connectivity index (χ0) is 21.3. The minimum atomic E-state index is -1.16. The van der Waals surface area contributed by atoms with E-state index in [4.69, 9.17) is 9.47 Å². The first-order chi connectivity index (χ1) is 14.5. The Hall–Kier alpha value is -3.35. The van der Waals surface area contributed by atoms with E-state index >= 15 is 0 Å². The fourth-order valence-electron chi connectivity index (χ4n) is 4.45. The number of ether oxygens (including phenoxy) is 2. The second-order valence-corrected chi connectivity index (χ2v) is 7.41. The molecule has 0 aromatic heterocycles. The maximum atomic E-state index is 12.9. The molecule has 0 saturated carbocycles. The fourth-order valence-corrected chi connectivity index (χ4v) is 4.45. The van der Waals surface area contributed by atoms with Gasteiger partial charge in [-0.1, -0.05) is 48.5 Å². The highest BCUT2D eigenvalue weighted by molar-refractivity contribution is 5.87. The summed E-state index contributed by atoms with van der Waals surface area (Å²) in [6.07, 6.45) is -0.386. The molecule has 2 atom stereocenters. The molecule has 1 aliphatic carbocycles. The Morgan fingerprint density at radius 3 is 2.07 bits per heavy atom. The quantitative estimate of drug-likeness (QED) is 0.761. The van der Waals surface area contributed by atoms with Crippen molar-refractivity contribution in [1.29, 1.82) is 0 Å². The standard InChI is InChI=1S/C23H23NO6/c1-2-29-22(27)20-12-11-19(21(25)26)24(20)23(28)30-13-18-16-9-5-3-7-14(16)15-8-4-6-10-17(15)18/h3-10,18-20H,2,11-13H2,1H3,(H,25,26)/t19-,20+/m1/s1. The van der Waals surface area contributed by atoms with Gasteiger partial charge in [0.05, 0.1) is 6.61 Å². The number of amides is 1. The number of aliphatic carboxylic acids is 1. The number of likely N-dealkylation sites (tertiary alicyclic amines) is 1. The van der Waals surface area contributed by atoms with E-state index in [0.717, 1.165) is 27.2 Å².